The number of carbonyl (C=O) groups excluding carboxylic acids is 3. The molecule has 0 bridgehead atoms. The van der Waals surface area contributed by atoms with Crippen LogP contribution in [0.15, 0.2) is 48.3 Å². The highest BCUT2D eigenvalue weighted by atomic mass is 16.5. The fourth-order valence-electron chi connectivity index (χ4n) is 2.71. The van der Waals surface area contributed by atoms with Crippen LogP contribution in [0.3, 0.4) is 0 Å². The minimum atomic E-state index is -0.817. The second-order valence-electron chi connectivity index (χ2n) is 6.21. The molecule has 1 aromatic carbocycles. The molecule has 4 amide bonds. The number of aromatic nitrogens is 1. The Morgan fingerprint density at radius 1 is 1.11 bits per heavy atom. The Labute approximate surface area is 161 Å². The molecule has 8 nitrogen and oxygen atoms in total. The van der Waals surface area contributed by atoms with E-state index in [1.165, 1.54) is 37.7 Å². The van der Waals surface area contributed by atoms with Gasteiger partial charge in [-0.05, 0) is 38.1 Å². The predicted octanol–water partition coefficient (Wildman–Crippen LogP) is 2.54. The Balaban J connectivity index is 2.07. The molecule has 2 aromatic rings. The van der Waals surface area contributed by atoms with Gasteiger partial charge in [0.15, 0.2) is 11.5 Å². The fourth-order valence-corrected chi connectivity index (χ4v) is 2.71. The van der Waals surface area contributed by atoms with Gasteiger partial charge in [0.1, 0.15) is 5.57 Å². The van der Waals surface area contributed by atoms with Crippen molar-refractivity contribution in [2.45, 2.75) is 20.0 Å². The molecule has 0 aliphatic carbocycles. The summed E-state index contributed by atoms with van der Waals surface area (Å²) in [5.41, 5.74) is 0.592. The number of para-hydroxylation sites is 1. The Morgan fingerprint density at radius 2 is 1.82 bits per heavy atom. The molecule has 0 unspecified atom stereocenters. The summed E-state index contributed by atoms with van der Waals surface area (Å²) in [5, 5.41) is 2.18. The van der Waals surface area contributed by atoms with Gasteiger partial charge in [-0.1, -0.05) is 12.1 Å². The number of ether oxygens (including phenoxy) is 2. The summed E-state index contributed by atoms with van der Waals surface area (Å²) in [6.07, 6.45) is 4.14. The van der Waals surface area contributed by atoms with Crippen LogP contribution in [0.1, 0.15) is 19.4 Å². The normalized spacial score (nSPS) is 15.8. The molecular weight excluding hydrogens is 362 g/mol. The molecule has 1 aromatic heterocycles. The highest BCUT2D eigenvalue weighted by Gasteiger charge is 2.37. The number of imide groups is 2. The Kier molecular flexibility index (Phi) is 5.39. The molecule has 2 heterocycles. The topological polar surface area (TPSA) is 97.8 Å². The van der Waals surface area contributed by atoms with Crippen LogP contribution in [0, 0.1) is 0 Å². The number of carbonyl (C=O) groups is 3. The van der Waals surface area contributed by atoms with Gasteiger partial charge >= 0.3 is 6.03 Å². The molecule has 0 saturated carbocycles. The van der Waals surface area contributed by atoms with Crippen molar-refractivity contribution in [2.24, 2.45) is 0 Å². The summed E-state index contributed by atoms with van der Waals surface area (Å²) in [4.78, 5) is 42.2. The molecule has 1 fully saturated rings. The van der Waals surface area contributed by atoms with Crippen molar-refractivity contribution in [1.29, 1.82) is 0 Å². The molecule has 1 aliphatic rings. The van der Waals surface area contributed by atoms with E-state index in [0.717, 1.165) is 4.90 Å². The molecule has 3 rings (SSSR count). The lowest BCUT2D eigenvalue weighted by Crippen LogP contribution is -2.54. The lowest BCUT2D eigenvalue weighted by molar-refractivity contribution is -0.122. The highest BCUT2D eigenvalue weighted by molar-refractivity contribution is 6.39. The van der Waals surface area contributed by atoms with Gasteiger partial charge in [-0.2, -0.15) is 0 Å². The smallest absolute Gasteiger partial charge is 0.335 e. The zero-order chi connectivity index (χ0) is 20.3. The second-order valence-corrected chi connectivity index (χ2v) is 6.21. The lowest BCUT2D eigenvalue weighted by Gasteiger charge is -2.26. The van der Waals surface area contributed by atoms with E-state index in [2.05, 4.69) is 10.3 Å². The fraction of sp³-hybridized carbons (Fsp3) is 0.200. The van der Waals surface area contributed by atoms with Crippen LogP contribution >= 0.6 is 0 Å². The molecule has 0 radical (unpaired) electrons. The number of amides is 4. The quantitative estimate of drug-likeness (QED) is 0.631. The number of urea groups is 1. The number of nitrogens with one attached hydrogen (secondary N) is 1. The van der Waals surface area contributed by atoms with Crippen molar-refractivity contribution in [3.8, 4) is 11.5 Å². The third-order valence-corrected chi connectivity index (χ3v) is 3.91. The van der Waals surface area contributed by atoms with Gasteiger partial charge < -0.3 is 9.47 Å². The second kappa shape index (κ2) is 7.91. The maximum Gasteiger partial charge on any atom is 0.335 e. The molecular formula is C20H19N3O5. The summed E-state index contributed by atoms with van der Waals surface area (Å²) < 4.78 is 11.1. The van der Waals surface area contributed by atoms with Gasteiger partial charge in [-0.3, -0.25) is 19.9 Å². The molecule has 8 heteroatoms. The van der Waals surface area contributed by atoms with Crippen molar-refractivity contribution in [3.05, 3.63) is 53.9 Å². The van der Waals surface area contributed by atoms with E-state index >= 15 is 0 Å². The highest BCUT2D eigenvalue weighted by Crippen LogP contribution is 2.34. The molecule has 1 aliphatic heterocycles. The standard InChI is InChI=1S/C20H19N3O5/c1-12(2)28-17-13(5-4-6-16(17)27-3)11-15-18(24)22-20(26)23(19(15)25)14-7-9-21-10-8-14/h4-12H,1-3H3,(H,22,24,26)/b15-11+. The number of pyridine rings is 1. The number of methoxy groups -OCH3 is 1. The molecule has 28 heavy (non-hydrogen) atoms. The number of benzene rings is 1. The van der Waals surface area contributed by atoms with E-state index in [-0.39, 0.29) is 11.7 Å². The Bertz CT molecular complexity index is 954. The first-order chi connectivity index (χ1) is 13.4. The van der Waals surface area contributed by atoms with Crippen LogP contribution in [0.4, 0.5) is 10.5 Å². The van der Waals surface area contributed by atoms with Crippen LogP contribution < -0.4 is 19.7 Å². The number of rotatable bonds is 5. The molecule has 144 valence electrons. The van der Waals surface area contributed by atoms with E-state index in [1.54, 1.807) is 18.2 Å². The number of hydrogen-bond donors (Lipinski definition) is 1. The van der Waals surface area contributed by atoms with Gasteiger partial charge in [-0.25, -0.2) is 9.69 Å². The van der Waals surface area contributed by atoms with E-state index in [0.29, 0.717) is 22.7 Å². The third kappa shape index (κ3) is 3.71. The zero-order valence-corrected chi connectivity index (χ0v) is 15.6. The first-order valence-corrected chi connectivity index (χ1v) is 8.57. The minimum absolute atomic E-state index is 0.153. The first kappa shape index (κ1) is 19.1. The van der Waals surface area contributed by atoms with Crippen LogP contribution in [-0.2, 0) is 9.59 Å². The van der Waals surface area contributed by atoms with Crippen molar-refractivity contribution >= 4 is 29.6 Å². The summed E-state index contributed by atoms with van der Waals surface area (Å²) in [6, 6.07) is 7.32. The SMILES string of the molecule is COc1cccc(/C=C2\C(=O)NC(=O)N(c3ccncc3)C2=O)c1OC(C)C. The van der Waals surface area contributed by atoms with Gasteiger partial charge in [0.05, 0.1) is 18.9 Å². The third-order valence-electron chi connectivity index (χ3n) is 3.91. The van der Waals surface area contributed by atoms with Crippen LogP contribution in [0.2, 0.25) is 0 Å². The van der Waals surface area contributed by atoms with Gasteiger partial charge in [0.2, 0.25) is 0 Å². The van der Waals surface area contributed by atoms with Crippen LogP contribution in [0.5, 0.6) is 11.5 Å². The van der Waals surface area contributed by atoms with Crippen molar-refractivity contribution < 1.29 is 23.9 Å². The van der Waals surface area contributed by atoms with Crippen molar-refractivity contribution in [1.82, 2.24) is 10.3 Å². The lowest BCUT2D eigenvalue weighted by atomic mass is 10.1. The van der Waals surface area contributed by atoms with E-state index in [1.807, 2.05) is 13.8 Å². The number of anilines is 1. The summed E-state index contributed by atoms with van der Waals surface area (Å²) in [7, 11) is 1.50. The maximum absolute atomic E-state index is 12.9. The Morgan fingerprint density at radius 3 is 2.46 bits per heavy atom. The molecule has 1 saturated heterocycles. The van der Waals surface area contributed by atoms with Gasteiger partial charge in [0.25, 0.3) is 11.8 Å². The van der Waals surface area contributed by atoms with Gasteiger partial charge in [-0.15, -0.1) is 0 Å². The number of barbiturate groups is 1. The van der Waals surface area contributed by atoms with E-state index in [9.17, 15) is 14.4 Å². The van der Waals surface area contributed by atoms with E-state index in [4.69, 9.17) is 9.47 Å². The first-order valence-electron chi connectivity index (χ1n) is 8.57. The molecule has 1 N–H and O–H groups in total. The predicted molar refractivity (Wildman–Crippen MR) is 102 cm³/mol. The summed E-state index contributed by atoms with van der Waals surface area (Å²) in [6.45, 7) is 3.71. The largest absolute Gasteiger partial charge is 0.493 e. The summed E-state index contributed by atoms with van der Waals surface area (Å²) >= 11 is 0. The minimum Gasteiger partial charge on any atom is -0.493 e. The average Bonchev–Trinajstić information content (AvgIpc) is 2.66. The average molecular weight is 381 g/mol. The number of hydrogen-bond acceptors (Lipinski definition) is 6. The van der Waals surface area contributed by atoms with Crippen LogP contribution in [0.25, 0.3) is 6.08 Å². The maximum atomic E-state index is 12.9. The summed E-state index contributed by atoms with van der Waals surface area (Å²) in [5.74, 6) is -0.647. The monoisotopic (exact) mass is 381 g/mol. The van der Waals surface area contributed by atoms with Crippen molar-refractivity contribution in [3.63, 3.8) is 0 Å². The van der Waals surface area contributed by atoms with Crippen molar-refractivity contribution in [2.75, 3.05) is 12.0 Å². The zero-order valence-electron chi connectivity index (χ0n) is 15.6. The number of nitrogens with zero attached hydrogens (tertiary/aromatic N) is 2. The van der Waals surface area contributed by atoms with E-state index < -0.39 is 17.8 Å². The molecule has 0 spiro atoms. The van der Waals surface area contributed by atoms with Gasteiger partial charge in [0, 0.05) is 18.0 Å². The Hall–Kier alpha value is -3.68. The van der Waals surface area contributed by atoms with Crippen LogP contribution in [-0.4, -0.2) is 36.0 Å². The molecule has 0 atom stereocenters.